The fraction of sp³-hybridized carbons (Fsp3) is 0.625. The average molecular weight is 157 g/mol. The maximum atomic E-state index is 10.2. The molecule has 0 saturated heterocycles. The van der Waals surface area contributed by atoms with E-state index in [9.17, 15) is 4.79 Å². The number of nitrogens with two attached hydrogens (primary N) is 1. The van der Waals surface area contributed by atoms with E-state index in [-0.39, 0.29) is 12.5 Å². The molecule has 0 fully saturated rings. The fourth-order valence-electron chi connectivity index (χ4n) is 0.822. The molecule has 3 N–H and O–H groups in total. The van der Waals surface area contributed by atoms with Gasteiger partial charge in [0.1, 0.15) is 0 Å². The molecule has 0 heterocycles. The lowest BCUT2D eigenvalue weighted by molar-refractivity contribution is -0.137. The molecular weight excluding hydrogens is 142 g/mol. The van der Waals surface area contributed by atoms with Gasteiger partial charge in [0.05, 0.1) is 6.42 Å². The molecule has 1 unspecified atom stereocenters. The van der Waals surface area contributed by atoms with Crippen molar-refractivity contribution in [1.82, 2.24) is 0 Å². The fourth-order valence-corrected chi connectivity index (χ4v) is 0.822. The minimum atomic E-state index is -0.846. The first kappa shape index (κ1) is 10.2. The van der Waals surface area contributed by atoms with E-state index in [0.717, 1.165) is 12.0 Å². The van der Waals surface area contributed by atoms with Crippen LogP contribution in [0.5, 0.6) is 0 Å². The van der Waals surface area contributed by atoms with Crippen LogP contribution in [0.1, 0.15) is 26.7 Å². The summed E-state index contributed by atoms with van der Waals surface area (Å²) in [5.41, 5.74) is 6.51. The molecule has 1 atom stereocenters. The molecule has 0 aliphatic carbocycles. The smallest absolute Gasteiger partial charge is 0.305 e. The normalized spacial score (nSPS) is 14.6. The van der Waals surface area contributed by atoms with Crippen molar-refractivity contribution in [3.05, 3.63) is 11.6 Å². The Kier molecular flexibility index (Phi) is 4.54. The molecule has 0 aromatic rings. The van der Waals surface area contributed by atoms with E-state index in [2.05, 4.69) is 0 Å². The third kappa shape index (κ3) is 4.56. The Balaban J connectivity index is 3.92. The van der Waals surface area contributed by atoms with Crippen molar-refractivity contribution in [3.63, 3.8) is 0 Å². The number of allylic oxidation sites excluding steroid dienone is 1. The highest BCUT2D eigenvalue weighted by atomic mass is 16.4. The van der Waals surface area contributed by atoms with Crippen molar-refractivity contribution in [2.24, 2.45) is 5.73 Å². The van der Waals surface area contributed by atoms with Crippen LogP contribution in [0.4, 0.5) is 0 Å². The van der Waals surface area contributed by atoms with Crippen molar-refractivity contribution in [2.45, 2.75) is 32.7 Å². The monoisotopic (exact) mass is 157 g/mol. The van der Waals surface area contributed by atoms with Crippen LogP contribution in [0.3, 0.4) is 0 Å². The number of aliphatic carboxylic acids is 1. The molecule has 0 rings (SSSR count). The molecule has 0 saturated carbocycles. The summed E-state index contributed by atoms with van der Waals surface area (Å²) in [7, 11) is 0. The summed E-state index contributed by atoms with van der Waals surface area (Å²) in [6.07, 6.45) is 2.87. The van der Waals surface area contributed by atoms with Gasteiger partial charge < -0.3 is 10.8 Å². The summed E-state index contributed by atoms with van der Waals surface area (Å²) in [6.45, 7) is 3.86. The summed E-state index contributed by atoms with van der Waals surface area (Å²) in [6, 6.07) is -0.326. The summed E-state index contributed by atoms with van der Waals surface area (Å²) < 4.78 is 0. The molecule has 0 aliphatic rings. The molecule has 64 valence electrons. The van der Waals surface area contributed by atoms with Crippen LogP contribution in [-0.4, -0.2) is 17.1 Å². The summed E-state index contributed by atoms with van der Waals surface area (Å²) >= 11 is 0. The van der Waals surface area contributed by atoms with Crippen molar-refractivity contribution >= 4 is 5.97 Å². The van der Waals surface area contributed by atoms with Gasteiger partial charge in [-0.05, 0) is 13.3 Å². The number of carboxylic acids is 1. The van der Waals surface area contributed by atoms with E-state index in [1.165, 1.54) is 0 Å². The third-order valence-electron chi connectivity index (χ3n) is 1.51. The van der Waals surface area contributed by atoms with Crippen molar-refractivity contribution < 1.29 is 9.90 Å². The van der Waals surface area contributed by atoms with E-state index < -0.39 is 5.97 Å². The lowest BCUT2D eigenvalue weighted by Gasteiger charge is -2.08. The minimum absolute atomic E-state index is 0.0162. The zero-order valence-electron chi connectivity index (χ0n) is 7.00. The summed E-state index contributed by atoms with van der Waals surface area (Å²) in [5.74, 6) is -0.846. The predicted octanol–water partition coefficient (Wildman–Crippen LogP) is 1.14. The number of carboxylic acid groups (broad SMARTS) is 1. The third-order valence-corrected chi connectivity index (χ3v) is 1.51. The molecule has 0 aliphatic heterocycles. The standard InChI is InChI=1S/C8H15NO2/c1-3-4-6(2)7(9)5-8(10)11/h4,7H,3,5,9H2,1-2H3,(H,10,11)/b6-4+. The van der Waals surface area contributed by atoms with Crippen LogP contribution in [0.2, 0.25) is 0 Å². The number of rotatable bonds is 4. The van der Waals surface area contributed by atoms with Crippen LogP contribution >= 0.6 is 0 Å². The van der Waals surface area contributed by atoms with E-state index in [1.54, 1.807) is 0 Å². The van der Waals surface area contributed by atoms with E-state index in [0.29, 0.717) is 0 Å². The van der Waals surface area contributed by atoms with E-state index >= 15 is 0 Å². The van der Waals surface area contributed by atoms with Gasteiger partial charge in [-0.2, -0.15) is 0 Å². The van der Waals surface area contributed by atoms with E-state index in [1.807, 2.05) is 19.9 Å². The van der Waals surface area contributed by atoms with Gasteiger partial charge in [-0.1, -0.05) is 18.6 Å². The van der Waals surface area contributed by atoms with Crippen LogP contribution in [0.25, 0.3) is 0 Å². The first-order valence-corrected chi connectivity index (χ1v) is 3.72. The molecular formula is C8H15NO2. The number of hydrogen-bond donors (Lipinski definition) is 2. The van der Waals surface area contributed by atoms with Gasteiger partial charge in [0.25, 0.3) is 0 Å². The zero-order valence-corrected chi connectivity index (χ0v) is 7.00. The Hall–Kier alpha value is -0.830. The van der Waals surface area contributed by atoms with Crippen LogP contribution in [-0.2, 0) is 4.79 Å². The average Bonchev–Trinajstić information content (AvgIpc) is 1.86. The predicted molar refractivity (Wildman–Crippen MR) is 44.3 cm³/mol. The van der Waals surface area contributed by atoms with Crippen LogP contribution in [0.15, 0.2) is 11.6 Å². The molecule has 0 aromatic heterocycles. The van der Waals surface area contributed by atoms with Gasteiger partial charge in [0.2, 0.25) is 0 Å². The van der Waals surface area contributed by atoms with Crippen LogP contribution < -0.4 is 5.73 Å². The second-order valence-corrected chi connectivity index (χ2v) is 2.56. The Bertz CT molecular complexity index is 163. The van der Waals surface area contributed by atoms with Crippen molar-refractivity contribution in [2.75, 3.05) is 0 Å². The summed E-state index contributed by atoms with van der Waals surface area (Å²) in [4.78, 5) is 10.2. The molecule has 0 spiro atoms. The molecule has 0 aromatic carbocycles. The Morgan fingerprint density at radius 1 is 1.73 bits per heavy atom. The molecule has 0 bridgehead atoms. The molecule has 0 radical (unpaired) electrons. The molecule has 0 amide bonds. The lowest BCUT2D eigenvalue weighted by Crippen LogP contribution is -2.24. The van der Waals surface area contributed by atoms with Gasteiger partial charge >= 0.3 is 5.97 Å². The maximum absolute atomic E-state index is 10.2. The highest BCUT2D eigenvalue weighted by molar-refractivity contribution is 5.68. The lowest BCUT2D eigenvalue weighted by atomic mass is 10.1. The first-order valence-electron chi connectivity index (χ1n) is 3.72. The van der Waals surface area contributed by atoms with Gasteiger partial charge in [-0.3, -0.25) is 4.79 Å². The highest BCUT2D eigenvalue weighted by Crippen LogP contribution is 2.03. The topological polar surface area (TPSA) is 63.3 Å². The Morgan fingerprint density at radius 2 is 2.27 bits per heavy atom. The van der Waals surface area contributed by atoms with Crippen LogP contribution in [0, 0.1) is 0 Å². The molecule has 11 heavy (non-hydrogen) atoms. The number of hydrogen-bond acceptors (Lipinski definition) is 2. The largest absolute Gasteiger partial charge is 0.481 e. The van der Waals surface area contributed by atoms with Crippen molar-refractivity contribution in [1.29, 1.82) is 0 Å². The highest BCUT2D eigenvalue weighted by Gasteiger charge is 2.08. The second-order valence-electron chi connectivity index (χ2n) is 2.56. The van der Waals surface area contributed by atoms with E-state index in [4.69, 9.17) is 10.8 Å². The number of carbonyl (C=O) groups is 1. The van der Waals surface area contributed by atoms with Gasteiger partial charge in [-0.15, -0.1) is 0 Å². The van der Waals surface area contributed by atoms with Gasteiger partial charge in [0.15, 0.2) is 0 Å². The second kappa shape index (κ2) is 4.91. The Morgan fingerprint density at radius 3 is 2.64 bits per heavy atom. The quantitative estimate of drug-likeness (QED) is 0.601. The summed E-state index contributed by atoms with van der Waals surface area (Å²) in [5, 5.41) is 8.39. The zero-order chi connectivity index (χ0) is 8.85. The van der Waals surface area contributed by atoms with Gasteiger partial charge in [0, 0.05) is 6.04 Å². The first-order chi connectivity index (χ1) is 5.07. The maximum Gasteiger partial charge on any atom is 0.305 e. The SMILES string of the molecule is CC/C=C(\C)C(N)CC(=O)O. The molecule has 3 heteroatoms. The Labute approximate surface area is 66.9 Å². The van der Waals surface area contributed by atoms with Crippen molar-refractivity contribution in [3.8, 4) is 0 Å². The molecule has 3 nitrogen and oxygen atoms in total. The van der Waals surface area contributed by atoms with Gasteiger partial charge in [-0.25, -0.2) is 0 Å². The minimum Gasteiger partial charge on any atom is -0.481 e.